The van der Waals surface area contributed by atoms with E-state index >= 15 is 0 Å². The number of hydrogen-bond acceptors (Lipinski definition) is 5. The quantitative estimate of drug-likeness (QED) is 0.820. The summed E-state index contributed by atoms with van der Waals surface area (Å²) < 4.78 is 17.2. The molecule has 2 rings (SSSR count). The van der Waals surface area contributed by atoms with Crippen molar-refractivity contribution in [3.8, 4) is 5.75 Å². The molecule has 1 aliphatic heterocycles. The van der Waals surface area contributed by atoms with E-state index in [0.29, 0.717) is 12.3 Å². The Morgan fingerprint density at radius 1 is 1.26 bits per heavy atom. The summed E-state index contributed by atoms with van der Waals surface area (Å²) in [6.45, 7) is 8.40. The number of nitrogens with two attached hydrogens (primary N) is 1. The van der Waals surface area contributed by atoms with Crippen molar-refractivity contribution in [3.05, 3.63) is 18.0 Å². The van der Waals surface area contributed by atoms with E-state index in [-0.39, 0.29) is 11.2 Å². The van der Waals surface area contributed by atoms with Gasteiger partial charge >= 0.3 is 7.12 Å². The summed E-state index contributed by atoms with van der Waals surface area (Å²) in [4.78, 5) is 4.30. The number of nitrogens with zero attached hydrogens (tertiary/aromatic N) is 1. The number of hydrogen-bond donors (Lipinski definition) is 1. The van der Waals surface area contributed by atoms with E-state index in [9.17, 15) is 0 Å². The number of pyridine rings is 1. The standard InChI is InChI=1S/C13H21BN2O3/c1-12(2)13(3,4)19-14(18-12)10-6-9(17-5)8-16-11(10)7-15/h6,8H,7,15H2,1-5H3. The van der Waals surface area contributed by atoms with Crippen LogP contribution in [0.2, 0.25) is 0 Å². The maximum atomic E-state index is 6.02. The molecule has 2 N–H and O–H groups in total. The third-order valence-corrected chi connectivity index (χ3v) is 3.91. The molecule has 5 nitrogen and oxygen atoms in total. The van der Waals surface area contributed by atoms with Crippen molar-refractivity contribution >= 4 is 12.6 Å². The molecule has 2 heterocycles. The first-order valence-electron chi connectivity index (χ1n) is 6.39. The minimum Gasteiger partial charge on any atom is -0.495 e. The number of rotatable bonds is 3. The van der Waals surface area contributed by atoms with Crippen LogP contribution in [0.1, 0.15) is 33.4 Å². The summed E-state index contributed by atoms with van der Waals surface area (Å²) >= 11 is 0. The summed E-state index contributed by atoms with van der Waals surface area (Å²) in [7, 11) is 1.14. The second kappa shape index (κ2) is 4.78. The van der Waals surface area contributed by atoms with E-state index in [0.717, 1.165) is 11.2 Å². The minimum atomic E-state index is -0.467. The van der Waals surface area contributed by atoms with Crippen LogP contribution < -0.4 is 15.9 Å². The van der Waals surface area contributed by atoms with Crippen molar-refractivity contribution in [3.63, 3.8) is 0 Å². The topological polar surface area (TPSA) is 66.6 Å². The molecule has 0 bridgehead atoms. The first-order chi connectivity index (χ1) is 8.80. The highest BCUT2D eigenvalue weighted by Gasteiger charge is 2.52. The molecule has 1 saturated heterocycles. The van der Waals surface area contributed by atoms with Crippen molar-refractivity contribution in [1.29, 1.82) is 0 Å². The molecule has 0 radical (unpaired) electrons. The molecule has 19 heavy (non-hydrogen) atoms. The second-order valence-electron chi connectivity index (χ2n) is 5.70. The van der Waals surface area contributed by atoms with Crippen LogP contribution in [0, 0.1) is 0 Å². The molecular formula is C13H21BN2O3. The van der Waals surface area contributed by atoms with E-state index in [4.69, 9.17) is 19.8 Å². The van der Waals surface area contributed by atoms with Crippen LogP contribution in [0.4, 0.5) is 0 Å². The molecule has 0 saturated carbocycles. The Morgan fingerprint density at radius 3 is 2.32 bits per heavy atom. The largest absolute Gasteiger partial charge is 0.496 e. The van der Waals surface area contributed by atoms with Gasteiger partial charge in [0.25, 0.3) is 0 Å². The van der Waals surface area contributed by atoms with Gasteiger partial charge in [-0.1, -0.05) is 0 Å². The molecule has 0 atom stereocenters. The highest BCUT2D eigenvalue weighted by molar-refractivity contribution is 6.62. The predicted octanol–water partition coefficient (Wildman–Crippen LogP) is 0.848. The van der Waals surface area contributed by atoms with Gasteiger partial charge in [0, 0.05) is 12.0 Å². The molecule has 0 spiro atoms. The minimum absolute atomic E-state index is 0.337. The fourth-order valence-electron chi connectivity index (χ4n) is 1.95. The molecule has 0 amide bonds. The lowest BCUT2D eigenvalue weighted by molar-refractivity contribution is 0.00578. The van der Waals surface area contributed by atoms with Gasteiger partial charge in [0.2, 0.25) is 0 Å². The summed E-state index contributed by atoms with van der Waals surface area (Å²) in [5.74, 6) is 0.668. The Kier molecular flexibility index (Phi) is 3.60. The zero-order valence-corrected chi connectivity index (χ0v) is 12.2. The molecule has 1 aliphatic rings. The van der Waals surface area contributed by atoms with Crippen LogP contribution in [0.25, 0.3) is 0 Å². The van der Waals surface area contributed by atoms with E-state index in [1.165, 1.54) is 0 Å². The highest BCUT2D eigenvalue weighted by Crippen LogP contribution is 2.36. The molecule has 1 aromatic heterocycles. The Morgan fingerprint density at radius 2 is 1.84 bits per heavy atom. The number of methoxy groups -OCH3 is 1. The molecule has 1 aromatic rings. The smallest absolute Gasteiger partial charge is 0.495 e. The van der Waals surface area contributed by atoms with Crippen molar-refractivity contribution in [2.75, 3.05) is 7.11 Å². The monoisotopic (exact) mass is 264 g/mol. The molecule has 0 aromatic carbocycles. The van der Waals surface area contributed by atoms with Crippen molar-refractivity contribution in [2.45, 2.75) is 45.4 Å². The maximum Gasteiger partial charge on any atom is 0.496 e. The van der Waals surface area contributed by atoms with Crippen molar-refractivity contribution < 1.29 is 14.0 Å². The zero-order valence-electron chi connectivity index (χ0n) is 12.2. The highest BCUT2D eigenvalue weighted by atomic mass is 16.7. The fraction of sp³-hybridized carbons (Fsp3) is 0.615. The first kappa shape index (κ1) is 14.3. The second-order valence-corrected chi connectivity index (χ2v) is 5.70. The van der Waals surface area contributed by atoms with E-state index in [2.05, 4.69) is 4.98 Å². The van der Waals surface area contributed by atoms with Crippen LogP contribution in [0.5, 0.6) is 5.75 Å². The third-order valence-electron chi connectivity index (χ3n) is 3.91. The molecule has 0 unspecified atom stereocenters. The van der Waals surface area contributed by atoms with Crippen LogP contribution in [-0.2, 0) is 15.9 Å². The van der Waals surface area contributed by atoms with Gasteiger partial charge in [-0.25, -0.2) is 0 Å². The summed E-state index contributed by atoms with van der Waals surface area (Å²) in [5, 5.41) is 0. The fourth-order valence-corrected chi connectivity index (χ4v) is 1.95. The van der Waals surface area contributed by atoms with Gasteiger partial charge in [0.1, 0.15) is 5.75 Å². The Balaban J connectivity index is 2.38. The average molecular weight is 264 g/mol. The van der Waals surface area contributed by atoms with Gasteiger partial charge in [-0.2, -0.15) is 0 Å². The van der Waals surface area contributed by atoms with Crippen LogP contribution in [0.15, 0.2) is 12.3 Å². The Labute approximate surface area is 114 Å². The maximum absolute atomic E-state index is 6.02. The summed E-state index contributed by atoms with van der Waals surface area (Å²) in [6.07, 6.45) is 1.65. The van der Waals surface area contributed by atoms with Gasteiger partial charge in [-0.3, -0.25) is 4.98 Å². The summed E-state index contributed by atoms with van der Waals surface area (Å²) in [6, 6.07) is 1.87. The summed E-state index contributed by atoms with van der Waals surface area (Å²) in [5.41, 5.74) is 6.56. The van der Waals surface area contributed by atoms with E-state index < -0.39 is 7.12 Å². The van der Waals surface area contributed by atoms with Crippen molar-refractivity contribution in [2.24, 2.45) is 5.73 Å². The van der Waals surface area contributed by atoms with E-state index in [1.807, 2.05) is 33.8 Å². The van der Waals surface area contributed by atoms with Crippen LogP contribution >= 0.6 is 0 Å². The van der Waals surface area contributed by atoms with E-state index in [1.54, 1.807) is 13.3 Å². The SMILES string of the molecule is COc1cnc(CN)c(B2OC(C)(C)C(C)(C)O2)c1. The molecule has 1 fully saturated rings. The molecular weight excluding hydrogens is 243 g/mol. The van der Waals surface area contributed by atoms with Gasteiger partial charge in [0.05, 0.1) is 30.2 Å². The average Bonchev–Trinajstić information content (AvgIpc) is 2.57. The van der Waals surface area contributed by atoms with Gasteiger partial charge in [-0.05, 0) is 33.8 Å². The number of ether oxygens (including phenoxy) is 1. The lowest BCUT2D eigenvalue weighted by Crippen LogP contribution is -2.41. The van der Waals surface area contributed by atoms with Crippen LogP contribution in [0.3, 0.4) is 0 Å². The third kappa shape index (κ3) is 2.48. The first-order valence-corrected chi connectivity index (χ1v) is 6.39. The normalized spacial score (nSPS) is 20.6. The predicted molar refractivity (Wildman–Crippen MR) is 74.4 cm³/mol. The lowest BCUT2D eigenvalue weighted by Gasteiger charge is -2.32. The van der Waals surface area contributed by atoms with Gasteiger partial charge in [-0.15, -0.1) is 0 Å². The number of aromatic nitrogens is 1. The molecule has 6 heteroatoms. The Bertz CT molecular complexity index is 461. The Hall–Kier alpha value is -1.11. The molecule has 0 aliphatic carbocycles. The van der Waals surface area contributed by atoms with Gasteiger partial charge < -0.3 is 19.8 Å². The van der Waals surface area contributed by atoms with Crippen LogP contribution in [-0.4, -0.2) is 30.4 Å². The zero-order chi connectivity index (χ0) is 14.3. The molecule has 104 valence electrons. The van der Waals surface area contributed by atoms with Crippen molar-refractivity contribution in [1.82, 2.24) is 4.98 Å². The lowest BCUT2D eigenvalue weighted by atomic mass is 9.77. The van der Waals surface area contributed by atoms with Gasteiger partial charge in [0.15, 0.2) is 0 Å².